The lowest BCUT2D eigenvalue weighted by Crippen LogP contribution is -2.29. The van der Waals surface area contributed by atoms with Crippen LogP contribution in [0.15, 0.2) is 22.8 Å². The van der Waals surface area contributed by atoms with E-state index in [0.29, 0.717) is 6.61 Å². The molecule has 90 valence electrons. The fourth-order valence-corrected chi connectivity index (χ4v) is 1.93. The topological polar surface area (TPSA) is 57.6 Å². The minimum absolute atomic E-state index is 0.0902. The zero-order chi connectivity index (χ0) is 11.4. The third kappa shape index (κ3) is 2.84. The molecule has 2 heterocycles. The van der Waals surface area contributed by atoms with E-state index in [2.05, 4.69) is 0 Å². The maximum absolute atomic E-state index is 5.89. The lowest BCUT2D eigenvalue weighted by molar-refractivity contribution is -0.0361. The van der Waals surface area contributed by atoms with Gasteiger partial charge in [0, 0.05) is 12.6 Å². The van der Waals surface area contributed by atoms with E-state index in [-0.39, 0.29) is 18.2 Å². The Morgan fingerprint density at radius 1 is 1.62 bits per heavy atom. The van der Waals surface area contributed by atoms with E-state index in [4.69, 9.17) is 19.6 Å². The van der Waals surface area contributed by atoms with Crippen LogP contribution in [0.4, 0.5) is 0 Å². The Bertz CT molecular complexity index is 291. The van der Waals surface area contributed by atoms with Crippen LogP contribution in [0.25, 0.3) is 0 Å². The highest BCUT2D eigenvalue weighted by molar-refractivity contribution is 5.04. The summed E-state index contributed by atoms with van der Waals surface area (Å²) in [4.78, 5) is 0. The lowest BCUT2D eigenvalue weighted by Gasteiger charge is -2.21. The van der Waals surface area contributed by atoms with Gasteiger partial charge in [-0.05, 0) is 31.9 Å². The van der Waals surface area contributed by atoms with Gasteiger partial charge in [0.25, 0.3) is 0 Å². The van der Waals surface area contributed by atoms with Crippen molar-refractivity contribution in [2.75, 3.05) is 13.2 Å². The SMILES string of the molecule is CC(N)C(OCC1CCCO1)c1ccco1. The van der Waals surface area contributed by atoms with Crippen LogP contribution in [0.1, 0.15) is 31.6 Å². The van der Waals surface area contributed by atoms with Crippen LogP contribution in [0.2, 0.25) is 0 Å². The van der Waals surface area contributed by atoms with Gasteiger partial charge in [-0.25, -0.2) is 0 Å². The van der Waals surface area contributed by atoms with Gasteiger partial charge in [0.05, 0.1) is 19.0 Å². The molecule has 3 atom stereocenters. The molecule has 1 aromatic heterocycles. The predicted molar refractivity (Wildman–Crippen MR) is 60.0 cm³/mol. The summed E-state index contributed by atoms with van der Waals surface area (Å²) in [6, 6.07) is 3.65. The highest BCUT2D eigenvalue weighted by Crippen LogP contribution is 2.22. The smallest absolute Gasteiger partial charge is 0.134 e. The minimum Gasteiger partial charge on any atom is -0.467 e. The van der Waals surface area contributed by atoms with Crippen molar-refractivity contribution < 1.29 is 13.9 Å². The zero-order valence-electron chi connectivity index (χ0n) is 9.59. The van der Waals surface area contributed by atoms with E-state index in [9.17, 15) is 0 Å². The lowest BCUT2D eigenvalue weighted by atomic mass is 10.1. The zero-order valence-corrected chi connectivity index (χ0v) is 9.59. The van der Waals surface area contributed by atoms with Crippen molar-refractivity contribution in [2.45, 2.75) is 38.0 Å². The van der Waals surface area contributed by atoms with Crippen LogP contribution in [0, 0.1) is 0 Å². The largest absolute Gasteiger partial charge is 0.467 e. The van der Waals surface area contributed by atoms with Crippen molar-refractivity contribution in [1.29, 1.82) is 0 Å². The van der Waals surface area contributed by atoms with E-state index in [1.807, 2.05) is 19.1 Å². The summed E-state index contributed by atoms with van der Waals surface area (Å²) < 4.78 is 16.6. The Morgan fingerprint density at radius 2 is 2.50 bits per heavy atom. The van der Waals surface area contributed by atoms with Crippen molar-refractivity contribution in [3.05, 3.63) is 24.2 Å². The third-order valence-electron chi connectivity index (χ3n) is 2.79. The molecule has 0 spiro atoms. The maximum Gasteiger partial charge on any atom is 0.134 e. The summed E-state index contributed by atoms with van der Waals surface area (Å²) in [7, 11) is 0. The number of ether oxygens (including phenoxy) is 2. The Morgan fingerprint density at radius 3 is 3.06 bits per heavy atom. The molecule has 0 radical (unpaired) electrons. The average Bonchev–Trinajstić information content (AvgIpc) is 2.88. The van der Waals surface area contributed by atoms with Gasteiger partial charge in [-0.2, -0.15) is 0 Å². The molecular weight excluding hydrogens is 206 g/mol. The monoisotopic (exact) mass is 225 g/mol. The predicted octanol–water partition coefficient (Wildman–Crippen LogP) is 1.86. The first-order chi connectivity index (χ1) is 7.77. The molecule has 1 saturated heterocycles. The normalized spacial score (nSPS) is 24.5. The quantitative estimate of drug-likeness (QED) is 0.831. The molecule has 1 aliphatic rings. The highest BCUT2D eigenvalue weighted by atomic mass is 16.5. The Hall–Kier alpha value is -0.840. The molecule has 4 nitrogen and oxygen atoms in total. The van der Waals surface area contributed by atoms with Crippen LogP contribution in [-0.4, -0.2) is 25.4 Å². The Balaban J connectivity index is 1.88. The number of hydrogen-bond acceptors (Lipinski definition) is 4. The summed E-state index contributed by atoms with van der Waals surface area (Å²) in [5.41, 5.74) is 5.89. The molecule has 0 amide bonds. The van der Waals surface area contributed by atoms with Gasteiger partial charge < -0.3 is 19.6 Å². The first-order valence-corrected chi connectivity index (χ1v) is 5.79. The molecule has 2 N–H and O–H groups in total. The van der Waals surface area contributed by atoms with Crippen LogP contribution < -0.4 is 5.73 Å². The summed E-state index contributed by atoms with van der Waals surface area (Å²) in [5, 5.41) is 0. The number of rotatable bonds is 5. The molecule has 1 fully saturated rings. The van der Waals surface area contributed by atoms with Gasteiger partial charge in [0.15, 0.2) is 0 Å². The molecule has 0 aromatic carbocycles. The van der Waals surface area contributed by atoms with Gasteiger partial charge in [0.1, 0.15) is 11.9 Å². The van der Waals surface area contributed by atoms with Gasteiger partial charge in [-0.15, -0.1) is 0 Å². The molecule has 0 bridgehead atoms. The second-order valence-corrected chi connectivity index (χ2v) is 4.26. The summed E-state index contributed by atoms with van der Waals surface area (Å²) in [5.74, 6) is 0.785. The maximum atomic E-state index is 5.89. The summed E-state index contributed by atoms with van der Waals surface area (Å²) >= 11 is 0. The summed E-state index contributed by atoms with van der Waals surface area (Å²) in [6.45, 7) is 3.35. The van der Waals surface area contributed by atoms with Gasteiger partial charge in [-0.3, -0.25) is 0 Å². The van der Waals surface area contributed by atoms with Gasteiger partial charge in [-0.1, -0.05) is 0 Å². The van der Waals surface area contributed by atoms with E-state index in [1.54, 1.807) is 6.26 Å². The van der Waals surface area contributed by atoms with Gasteiger partial charge in [0.2, 0.25) is 0 Å². The summed E-state index contributed by atoms with van der Waals surface area (Å²) in [6.07, 6.45) is 3.87. The number of hydrogen-bond donors (Lipinski definition) is 1. The fourth-order valence-electron chi connectivity index (χ4n) is 1.93. The molecular formula is C12H19NO3. The molecule has 0 aliphatic carbocycles. The molecule has 0 saturated carbocycles. The first kappa shape index (κ1) is 11.6. The van der Waals surface area contributed by atoms with Crippen LogP contribution in [0.5, 0.6) is 0 Å². The average molecular weight is 225 g/mol. The second kappa shape index (κ2) is 5.48. The standard InChI is InChI=1S/C12H19NO3/c1-9(13)12(11-5-3-7-15-11)16-8-10-4-2-6-14-10/h3,5,7,9-10,12H,2,4,6,8,13H2,1H3. The van der Waals surface area contributed by atoms with Crippen molar-refractivity contribution in [3.8, 4) is 0 Å². The molecule has 1 aromatic rings. The van der Waals surface area contributed by atoms with E-state index in [0.717, 1.165) is 25.2 Å². The van der Waals surface area contributed by atoms with Crippen LogP contribution in [-0.2, 0) is 9.47 Å². The second-order valence-electron chi connectivity index (χ2n) is 4.26. The van der Waals surface area contributed by atoms with Gasteiger partial charge >= 0.3 is 0 Å². The van der Waals surface area contributed by atoms with E-state index in [1.165, 1.54) is 0 Å². The van der Waals surface area contributed by atoms with E-state index < -0.39 is 0 Å². The highest BCUT2D eigenvalue weighted by Gasteiger charge is 2.23. The fraction of sp³-hybridized carbons (Fsp3) is 0.667. The minimum atomic E-state index is -0.181. The number of furan rings is 1. The third-order valence-corrected chi connectivity index (χ3v) is 2.79. The van der Waals surface area contributed by atoms with Crippen molar-refractivity contribution in [1.82, 2.24) is 0 Å². The molecule has 1 aliphatic heterocycles. The number of nitrogens with two attached hydrogens (primary N) is 1. The molecule has 2 rings (SSSR count). The van der Waals surface area contributed by atoms with Crippen LogP contribution >= 0.6 is 0 Å². The molecule has 3 unspecified atom stereocenters. The van der Waals surface area contributed by atoms with Crippen molar-refractivity contribution in [2.24, 2.45) is 5.73 Å². The molecule has 4 heteroatoms. The Kier molecular flexibility index (Phi) is 3.98. The first-order valence-electron chi connectivity index (χ1n) is 5.79. The van der Waals surface area contributed by atoms with Crippen LogP contribution in [0.3, 0.4) is 0 Å². The Labute approximate surface area is 95.7 Å². The van der Waals surface area contributed by atoms with Crippen molar-refractivity contribution >= 4 is 0 Å². The van der Waals surface area contributed by atoms with E-state index >= 15 is 0 Å². The van der Waals surface area contributed by atoms with Crippen molar-refractivity contribution in [3.63, 3.8) is 0 Å². The molecule has 16 heavy (non-hydrogen) atoms.